The zero-order valence-electron chi connectivity index (χ0n) is 12.2. The summed E-state index contributed by atoms with van der Waals surface area (Å²) in [4.78, 5) is 24.0. The molecule has 0 aromatic carbocycles. The number of hydrogen-bond donors (Lipinski definition) is 1. The Morgan fingerprint density at radius 2 is 2.16 bits per heavy atom. The zero-order chi connectivity index (χ0) is 14.0. The normalized spacial score (nSPS) is 35.8. The van der Waals surface area contributed by atoms with Crippen LogP contribution in [-0.4, -0.2) is 24.5 Å². The summed E-state index contributed by atoms with van der Waals surface area (Å²) in [6.45, 7) is 7.04. The van der Waals surface area contributed by atoms with Crippen LogP contribution in [0.5, 0.6) is 0 Å². The van der Waals surface area contributed by atoms with E-state index in [2.05, 4.69) is 26.1 Å². The number of nitrogens with one attached hydrogen (secondary N) is 1. The average Bonchev–Trinajstić information content (AvgIpc) is 2.34. The Bertz CT molecular complexity index is 366. The van der Waals surface area contributed by atoms with Crippen molar-refractivity contribution in [3.05, 3.63) is 0 Å². The third-order valence-electron chi connectivity index (χ3n) is 4.58. The predicted molar refractivity (Wildman–Crippen MR) is 72.4 cm³/mol. The second-order valence-corrected chi connectivity index (χ2v) is 6.49. The van der Waals surface area contributed by atoms with Crippen molar-refractivity contribution in [3.63, 3.8) is 0 Å². The molecule has 2 aliphatic rings. The highest BCUT2D eigenvalue weighted by Crippen LogP contribution is 2.48. The Kier molecular flexibility index (Phi) is 4.29. The highest BCUT2D eigenvalue weighted by Gasteiger charge is 2.50. The summed E-state index contributed by atoms with van der Waals surface area (Å²) < 4.78 is 5.74. The van der Waals surface area contributed by atoms with Crippen molar-refractivity contribution in [3.8, 4) is 0 Å². The standard InChI is InChI=1S/C15H25NO3/c1-4-11-8-15(5-6-19-11)9-13(17)16-14(18)12(15)7-10(2)3/h10-12H,4-9H2,1-3H3,(H,16,17,18). The van der Waals surface area contributed by atoms with Gasteiger partial charge in [-0.15, -0.1) is 0 Å². The molecule has 3 unspecified atom stereocenters. The average molecular weight is 267 g/mol. The van der Waals surface area contributed by atoms with Gasteiger partial charge in [0.25, 0.3) is 0 Å². The number of ether oxygens (including phenoxy) is 1. The van der Waals surface area contributed by atoms with Crippen LogP contribution in [0.15, 0.2) is 0 Å². The summed E-state index contributed by atoms with van der Waals surface area (Å²) in [5, 5.41) is 2.52. The van der Waals surface area contributed by atoms with Crippen LogP contribution in [0.3, 0.4) is 0 Å². The molecule has 0 saturated carbocycles. The van der Waals surface area contributed by atoms with E-state index in [0.717, 1.165) is 25.7 Å². The van der Waals surface area contributed by atoms with Gasteiger partial charge in [-0.05, 0) is 37.0 Å². The summed E-state index contributed by atoms with van der Waals surface area (Å²) in [5.74, 6) is 0.246. The van der Waals surface area contributed by atoms with E-state index in [9.17, 15) is 9.59 Å². The van der Waals surface area contributed by atoms with Gasteiger partial charge in [0.1, 0.15) is 0 Å². The van der Waals surface area contributed by atoms with Crippen molar-refractivity contribution in [2.24, 2.45) is 17.3 Å². The largest absolute Gasteiger partial charge is 0.378 e. The third kappa shape index (κ3) is 2.99. The predicted octanol–water partition coefficient (Wildman–Crippen LogP) is 2.27. The lowest BCUT2D eigenvalue weighted by atomic mass is 9.62. The van der Waals surface area contributed by atoms with Gasteiger partial charge in [0.05, 0.1) is 6.10 Å². The lowest BCUT2D eigenvalue weighted by Crippen LogP contribution is -2.55. The minimum Gasteiger partial charge on any atom is -0.378 e. The van der Waals surface area contributed by atoms with Crippen LogP contribution < -0.4 is 5.32 Å². The molecular weight excluding hydrogens is 242 g/mol. The smallest absolute Gasteiger partial charge is 0.230 e. The Balaban J connectivity index is 2.25. The van der Waals surface area contributed by atoms with Gasteiger partial charge in [0.2, 0.25) is 11.8 Å². The van der Waals surface area contributed by atoms with Crippen molar-refractivity contribution in [2.75, 3.05) is 6.61 Å². The molecule has 0 radical (unpaired) electrons. The molecule has 1 spiro atoms. The van der Waals surface area contributed by atoms with Crippen molar-refractivity contribution in [1.82, 2.24) is 5.32 Å². The van der Waals surface area contributed by atoms with E-state index in [4.69, 9.17) is 4.74 Å². The van der Waals surface area contributed by atoms with Gasteiger partial charge in [-0.3, -0.25) is 14.9 Å². The lowest BCUT2D eigenvalue weighted by Gasteiger charge is -2.47. The van der Waals surface area contributed by atoms with Crippen LogP contribution in [0.25, 0.3) is 0 Å². The zero-order valence-corrected chi connectivity index (χ0v) is 12.2. The summed E-state index contributed by atoms with van der Waals surface area (Å²) >= 11 is 0. The van der Waals surface area contributed by atoms with Crippen LogP contribution in [0.1, 0.15) is 52.9 Å². The van der Waals surface area contributed by atoms with E-state index in [0.29, 0.717) is 18.9 Å². The number of rotatable bonds is 3. The second kappa shape index (κ2) is 5.61. The first-order chi connectivity index (χ1) is 8.97. The topological polar surface area (TPSA) is 55.4 Å². The molecule has 2 saturated heterocycles. The molecule has 0 aliphatic carbocycles. The Morgan fingerprint density at radius 1 is 1.42 bits per heavy atom. The molecule has 4 nitrogen and oxygen atoms in total. The van der Waals surface area contributed by atoms with Gasteiger partial charge < -0.3 is 4.74 Å². The number of amides is 2. The summed E-state index contributed by atoms with van der Waals surface area (Å²) in [5.41, 5.74) is -0.164. The maximum absolute atomic E-state index is 12.2. The van der Waals surface area contributed by atoms with Crippen molar-refractivity contribution < 1.29 is 14.3 Å². The molecule has 1 N–H and O–H groups in total. The summed E-state index contributed by atoms with van der Waals surface area (Å²) in [6, 6.07) is 0. The molecule has 2 fully saturated rings. The van der Waals surface area contributed by atoms with Crippen LogP contribution in [0.2, 0.25) is 0 Å². The van der Waals surface area contributed by atoms with E-state index in [1.54, 1.807) is 0 Å². The molecule has 108 valence electrons. The number of hydrogen-bond acceptors (Lipinski definition) is 3. The minimum atomic E-state index is -0.164. The monoisotopic (exact) mass is 267 g/mol. The molecule has 2 rings (SSSR count). The summed E-state index contributed by atoms with van der Waals surface area (Å²) in [6.07, 6.45) is 4.17. The molecule has 2 heterocycles. The van der Waals surface area contributed by atoms with E-state index in [1.807, 2.05) is 0 Å². The third-order valence-corrected chi connectivity index (χ3v) is 4.58. The van der Waals surface area contributed by atoms with Crippen LogP contribution in [0.4, 0.5) is 0 Å². The van der Waals surface area contributed by atoms with E-state index in [-0.39, 0.29) is 29.3 Å². The minimum absolute atomic E-state index is 0.0388. The van der Waals surface area contributed by atoms with Crippen molar-refractivity contribution >= 4 is 11.8 Å². The van der Waals surface area contributed by atoms with E-state index >= 15 is 0 Å². The fraction of sp³-hybridized carbons (Fsp3) is 0.867. The molecule has 0 aromatic rings. The van der Waals surface area contributed by atoms with Crippen LogP contribution in [-0.2, 0) is 14.3 Å². The second-order valence-electron chi connectivity index (χ2n) is 6.49. The molecule has 0 aromatic heterocycles. The van der Waals surface area contributed by atoms with Crippen LogP contribution in [0, 0.1) is 17.3 Å². The van der Waals surface area contributed by atoms with E-state index < -0.39 is 0 Å². The van der Waals surface area contributed by atoms with Gasteiger partial charge in [-0.1, -0.05) is 20.8 Å². The molecule has 2 aliphatic heterocycles. The molecule has 19 heavy (non-hydrogen) atoms. The van der Waals surface area contributed by atoms with Gasteiger partial charge in [-0.25, -0.2) is 0 Å². The number of imide groups is 1. The van der Waals surface area contributed by atoms with Crippen LogP contribution >= 0.6 is 0 Å². The van der Waals surface area contributed by atoms with E-state index in [1.165, 1.54) is 0 Å². The first kappa shape index (κ1) is 14.5. The Morgan fingerprint density at radius 3 is 2.79 bits per heavy atom. The van der Waals surface area contributed by atoms with Crippen molar-refractivity contribution in [2.45, 2.75) is 59.0 Å². The highest BCUT2D eigenvalue weighted by atomic mass is 16.5. The first-order valence-electron chi connectivity index (χ1n) is 7.42. The molecule has 3 atom stereocenters. The molecular formula is C15H25NO3. The maximum atomic E-state index is 12.2. The molecule has 2 amide bonds. The van der Waals surface area contributed by atoms with Gasteiger partial charge in [0, 0.05) is 18.9 Å². The molecule has 0 bridgehead atoms. The number of piperidine rings is 1. The summed E-state index contributed by atoms with van der Waals surface area (Å²) in [7, 11) is 0. The molecule has 4 heteroatoms. The van der Waals surface area contributed by atoms with Gasteiger partial charge in [-0.2, -0.15) is 0 Å². The van der Waals surface area contributed by atoms with Gasteiger partial charge in [0.15, 0.2) is 0 Å². The van der Waals surface area contributed by atoms with Crippen molar-refractivity contribution in [1.29, 1.82) is 0 Å². The highest BCUT2D eigenvalue weighted by molar-refractivity contribution is 5.99. The SMILES string of the molecule is CCC1CC2(CCO1)CC(=O)NC(=O)C2CC(C)C. The maximum Gasteiger partial charge on any atom is 0.230 e. The Labute approximate surface area is 115 Å². The quantitative estimate of drug-likeness (QED) is 0.798. The number of carbonyl (C=O) groups excluding carboxylic acids is 2. The Hall–Kier alpha value is -0.900. The van der Waals surface area contributed by atoms with Gasteiger partial charge >= 0.3 is 0 Å². The fourth-order valence-electron chi connectivity index (χ4n) is 3.60. The number of carbonyl (C=O) groups is 2. The fourth-order valence-corrected chi connectivity index (χ4v) is 3.60. The lowest BCUT2D eigenvalue weighted by molar-refractivity contribution is -0.153. The first-order valence-corrected chi connectivity index (χ1v) is 7.42.